The maximum absolute atomic E-state index is 13.5. The van der Waals surface area contributed by atoms with Gasteiger partial charge < -0.3 is 4.90 Å². The number of rotatable bonds is 5. The summed E-state index contributed by atoms with van der Waals surface area (Å²) >= 11 is 0. The number of fused-ring (bicyclic) bond motifs is 1. The molecule has 0 fully saturated rings. The van der Waals surface area contributed by atoms with E-state index >= 15 is 0 Å². The highest BCUT2D eigenvalue weighted by molar-refractivity contribution is 7.92. The van der Waals surface area contributed by atoms with Crippen molar-refractivity contribution in [1.82, 2.24) is 0 Å². The Hall–Kier alpha value is -2.34. The highest BCUT2D eigenvalue weighted by Crippen LogP contribution is 2.30. The van der Waals surface area contributed by atoms with Gasteiger partial charge in [0.1, 0.15) is 6.04 Å². The topological polar surface area (TPSA) is 57.7 Å². The fraction of sp³-hybridized carbons (Fsp3) is 0.381. The summed E-state index contributed by atoms with van der Waals surface area (Å²) in [4.78, 5) is 15.2. The van der Waals surface area contributed by atoms with Gasteiger partial charge in [0.15, 0.2) is 0 Å². The molecule has 1 aliphatic heterocycles. The smallest absolute Gasteiger partial charge is 0.250 e. The highest BCUT2D eigenvalue weighted by atomic mass is 32.2. The monoisotopic (exact) mass is 386 g/mol. The Morgan fingerprint density at radius 3 is 2.59 bits per heavy atom. The molecule has 5 nitrogen and oxygen atoms in total. The molecule has 0 spiro atoms. The van der Waals surface area contributed by atoms with Crippen LogP contribution in [0.2, 0.25) is 0 Å². The molecule has 27 heavy (non-hydrogen) atoms. The summed E-state index contributed by atoms with van der Waals surface area (Å²) in [6, 6.07) is 14.4. The molecule has 0 radical (unpaired) electrons. The number of sulfonamides is 1. The standard InChI is InChI=1S/C21H26N2O3S/c1-4-19(23(27(3,25)26)18-12-7-9-16(2)15-18)21(24)22-14-8-11-17-10-5-6-13-20(17)22/h5-7,9-10,12-13,15,19H,4,8,11,14H2,1-3H3. The van der Waals surface area contributed by atoms with Gasteiger partial charge in [0, 0.05) is 12.2 Å². The number of carbonyl (C=O) groups excluding carboxylic acids is 1. The van der Waals surface area contributed by atoms with Crippen molar-refractivity contribution in [1.29, 1.82) is 0 Å². The molecule has 1 amide bonds. The number of nitrogens with zero attached hydrogens (tertiary/aromatic N) is 2. The second-order valence-corrected chi connectivity index (χ2v) is 8.90. The SMILES string of the molecule is CCC(C(=O)N1CCCc2ccccc21)N(c1cccc(C)c1)S(C)(=O)=O. The van der Waals surface area contributed by atoms with Gasteiger partial charge in [-0.15, -0.1) is 0 Å². The minimum absolute atomic E-state index is 0.170. The van der Waals surface area contributed by atoms with Crippen LogP contribution in [-0.4, -0.2) is 33.2 Å². The first-order chi connectivity index (χ1) is 12.8. The summed E-state index contributed by atoms with van der Waals surface area (Å²) < 4.78 is 26.5. The number of para-hydroxylation sites is 1. The number of amides is 1. The van der Waals surface area contributed by atoms with E-state index in [1.807, 2.05) is 50.2 Å². The third-order valence-corrected chi connectivity index (χ3v) is 6.12. The van der Waals surface area contributed by atoms with E-state index in [9.17, 15) is 13.2 Å². The minimum Gasteiger partial charge on any atom is -0.310 e. The van der Waals surface area contributed by atoms with Crippen molar-refractivity contribution >= 4 is 27.3 Å². The van der Waals surface area contributed by atoms with E-state index in [0.29, 0.717) is 18.7 Å². The van der Waals surface area contributed by atoms with Gasteiger partial charge in [-0.05, 0) is 55.5 Å². The lowest BCUT2D eigenvalue weighted by Gasteiger charge is -2.36. The van der Waals surface area contributed by atoms with Crippen molar-refractivity contribution in [2.24, 2.45) is 0 Å². The maximum atomic E-state index is 13.5. The summed E-state index contributed by atoms with van der Waals surface area (Å²) in [5, 5.41) is 0. The average molecular weight is 387 g/mol. The van der Waals surface area contributed by atoms with E-state index in [4.69, 9.17) is 0 Å². The molecule has 1 atom stereocenters. The van der Waals surface area contributed by atoms with Gasteiger partial charge in [-0.2, -0.15) is 0 Å². The van der Waals surface area contributed by atoms with Gasteiger partial charge in [0.2, 0.25) is 10.0 Å². The zero-order valence-electron chi connectivity index (χ0n) is 16.1. The summed E-state index contributed by atoms with van der Waals surface area (Å²) in [6.07, 6.45) is 3.38. The number of hydrogen-bond donors (Lipinski definition) is 0. The van der Waals surface area contributed by atoms with Crippen molar-refractivity contribution in [3.8, 4) is 0 Å². The zero-order chi connectivity index (χ0) is 19.6. The fourth-order valence-corrected chi connectivity index (χ4v) is 4.95. The van der Waals surface area contributed by atoms with Crippen LogP contribution in [0.3, 0.4) is 0 Å². The molecule has 2 aromatic carbocycles. The van der Waals surface area contributed by atoms with Gasteiger partial charge in [-0.3, -0.25) is 9.10 Å². The summed E-state index contributed by atoms with van der Waals surface area (Å²) in [5.41, 5.74) is 3.51. The predicted octanol–water partition coefficient (Wildman–Crippen LogP) is 3.52. The van der Waals surface area contributed by atoms with Crippen LogP contribution in [0.25, 0.3) is 0 Å². The summed E-state index contributed by atoms with van der Waals surface area (Å²) in [7, 11) is -3.62. The molecular formula is C21H26N2O3S. The van der Waals surface area contributed by atoms with Gasteiger partial charge in [0.05, 0.1) is 11.9 Å². The number of anilines is 2. The van der Waals surface area contributed by atoms with Crippen molar-refractivity contribution in [3.63, 3.8) is 0 Å². The van der Waals surface area contributed by atoms with Crippen molar-refractivity contribution in [3.05, 3.63) is 59.7 Å². The average Bonchev–Trinajstić information content (AvgIpc) is 2.64. The molecule has 0 saturated heterocycles. The quantitative estimate of drug-likeness (QED) is 0.790. The van der Waals surface area contributed by atoms with Crippen molar-refractivity contribution in [2.75, 3.05) is 22.0 Å². The molecule has 2 aromatic rings. The first kappa shape index (κ1) is 19.4. The largest absolute Gasteiger partial charge is 0.310 e. The molecule has 0 saturated carbocycles. The molecule has 1 unspecified atom stereocenters. The minimum atomic E-state index is -3.62. The van der Waals surface area contributed by atoms with Gasteiger partial charge in [-0.25, -0.2) is 8.42 Å². The van der Waals surface area contributed by atoms with E-state index in [-0.39, 0.29) is 5.91 Å². The molecular weight excluding hydrogens is 360 g/mol. The number of aryl methyl sites for hydroxylation is 2. The van der Waals surface area contributed by atoms with E-state index in [1.165, 1.54) is 4.31 Å². The molecule has 3 rings (SSSR count). The van der Waals surface area contributed by atoms with Crippen molar-refractivity contribution in [2.45, 2.75) is 39.2 Å². The van der Waals surface area contributed by atoms with Crippen LogP contribution in [0, 0.1) is 6.92 Å². The Morgan fingerprint density at radius 1 is 1.19 bits per heavy atom. The van der Waals surface area contributed by atoms with E-state index in [2.05, 4.69) is 0 Å². The Labute approximate surface area is 161 Å². The van der Waals surface area contributed by atoms with Crippen LogP contribution in [-0.2, 0) is 21.2 Å². The first-order valence-electron chi connectivity index (χ1n) is 9.28. The Bertz CT molecular complexity index is 940. The zero-order valence-corrected chi connectivity index (χ0v) is 16.9. The van der Waals surface area contributed by atoms with Crippen LogP contribution in [0.1, 0.15) is 30.9 Å². The Kier molecular flexibility index (Phi) is 5.56. The van der Waals surface area contributed by atoms with Gasteiger partial charge in [0.25, 0.3) is 5.91 Å². The Morgan fingerprint density at radius 2 is 1.93 bits per heavy atom. The lowest BCUT2D eigenvalue weighted by atomic mass is 10.0. The lowest BCUT2D eigenvalue weighted by molar-refractivity contribution is -0.119. The van der Waals surface area contributed by atoms with E-state index in [1.54, 1.807) is 17.0 Å². The van der Waals surface area contributed by atoms with Crippen LogP contribution in [0.5, 0.6) is 0 Å². The van der Waals surface area contributed by atoms with Crippen LogP contribution >= 0.6 is 0 Å². The number of hydrogen-bond acceptors (Lipinski definition) is 3. The maximum Gasteiger partial charge on any atom is 0.250 e. The fourth-order valence-electron chi connectivity index (χ4n) is 3.75. The second-order valence-electron chi connectivity index (χ2n) is 7.04. The molecule has 1 aliphatic rings. The van der Waals surface area contributed by atoms with Crippen molar-refractivity contribution < 1.29 is 13.2 Å². The third-order valence-electron chi connectivity index (χ3n) is 4.94. The number of benzene rings is 2. The van der Waals surface area contributed by atoms with E-state index in [0.717, 1.165) is 35.9 Å². The summed E-state index contributed by atoms with van der Waals surface area (Å²) in [6.45, 7) is 4.37. The number of carbonyl (C=O) groups is 1. The molecule has 6 heteroatoms. The second kappa shape index (κ2) is 7.72. The first-order valence-corrected chi connectivity index (χ1v) is 11.1. The van der Waals surface area contributed by atoms with Crippen LogP contribution < -0.4 is 9.21 Å². The molecule has 0 bridgehead atoms. The molecule has 0 aliphatic carbocycles. The van der Waals surface area contributed by atoms with Gasteiger partial charge >= 0.3 is 0 Å². The van der Waals surface area contributed by atoms with E-state index < -0.39 is 16.1 Å². The summed E-state index contributed by atoms with van der Waals surface area (Å²) in [5.74, 6) is -0.170. The predicted molar refractivity (Wildman–Crippen MR) is 110 cm³/mol. The van der Waals surface area contributed by atoms with Crippen LogP contribution in [0.15, 0.2) is 48.5 Å². The molecule has 0 N–H and O–H groups in total. The normalized spacial score (nSPS) is 15.1. The van der Waals surface area contributed by atoms with Gasteiger partial charge in [-0.1, -0.05) is 37.3 Å². The highest BCUT2D eigenvalue weighted by Gasteiger charge is 2.36. The Balaban J connectivity index is 2.03. The molecule has 1 heterocycles. The molecule has 144 valence electrons. The lowest BCUT2D eigenvalue weighted by Crippen LogP contribution is -2.52. The molecule has 0 aromatic heterocycles. The third kappa shape index (κ3) is 4.00. The van der Waals surface area contributed by atoms with Crippen LogP contribution in [0.4, 0.5) is 11.4 Å².